The van der Waals surface area contributed by atoms with Crippen molar-refractivity contribution < 1.29 is 14.9 Å². The predicted molar refractivity (Wildman–Crippen MR) is 84.9 cm³/mol. The molecule has 1 aromatic rings. The van der Waals surface area contributed by atoms with Gasteiger partial charge in [-0.1, -0.05) is 35.0 Å². The summed E-state index contributed by atoms with van der Waals surface area (Å²) in [5.41, 5.74) is 0.826. The number of rotatable bonds is 8. The maximum atomic E-state index is 10.2. The molecule has 2 N–H and O–H groups in total. The lowest BCUT2D eigenvalue weighted by Gasteiger charge is -2.33. The second kappa shape index (κ2) is 8.13. The lowest BCUT2D eigenvalue weighted by molar-refractivity contribution is 0.0170. The smallest absolute Gasteiger partial charge is 0.0777 e. The van der Waals surface area contributed by atoms with Gasteiger partial charge in [-0.3, -0.25) is 0 Å². The summed E-state index contributed by atoms with van der Waals surface area (Å²) < 4.78 is 6.51. The van der Waals surface area contributed by atoms with Gasteiger partial charge in [0.2, 0.25) is 0 Å². The normalized spacial score (nSPS) is 17.5. The van der Waals surface area contributed by atoms with Crippen LogP contribution in [0.15, 0.2) is 28.7 Å². The summed E-state index contributed by atoms with van der Waals surface area (Å²) in [7, 11) is 0. The van der Waals surface area contributed by atoms with Crippen LogP contribution in [0, 0.1) is 0 Å². The van der Waals surface area contributed by atoms with Crippen molar-refractivity contribution in [2.75, 3.05) is 13.2 Å². The molecule has 0 aromatic heterocycles. The SMILES string of the molecule is CC(CO)OCCCC(C)(c1cccc(Br)c1)C(C)O. The average molecular weight is 345 g/mol. The molecule has 1 aromatic carbocycles. The third-order valence-corrected chi connectivity index (χ3v) is 4.40. The molecule has 3 unspecified atom stereocenters. The minimum atomic E-state index is -0.438. The first-order valence-electron chi connectivity index (χ1n) is 7.06. The van der Waals surface area contributed by atoms with Gasteiger partial charge < -0.3 is 14.9 Å². The maximum absolute atomic E-state index is 10.2. The van der Waals surface area contributed by atoms with Crippen LogP contribution < -0.4 is 0 Å². The highest BCUT2D eigenvalue weighted by Crippen LogP contribution is 2.34. The van der Waals surface area contributed by atoms with Crippen molar-refractivity contribution in [3.63, 3.8) is 0 Å². The van der Waals surface area contributed by atoms with Gasteiger partial charge in [0.25, 0.3) is 0 Å². The van der Waals surface area contributed by atoms with Gasteiger partial charge in [-0.2, -0.15) is 0 Å². The van der Waals surface area contributed by atoms with E-state index in [9.17, 15) is 5.11 Å². The Labute approximate surface area is 130 Å². The molecule has 1 rings (SSSR count). The molecule has 3 atom stereocenters. The number of aliphatic hydroxyl groups is 2. The van der Waals surface area contributed by atoms with Gasteiger partial charge in [-0.15, -0.1) is 0 Å². The van der Waals surface area contributed by atoms with Crippen LogP contribution in [0.25, 0.3) is 0 Å². The van der Waals surface area contributed by atoms with E-state index < -0.39 is 6.10 Å². The Morgan fingerprint density at radius 2 is 2.05 bits per heavy atom. The number of hydrogen-bond acceptors (Lipinski definition) is 3. The predicted octanol–water partition coefficient (Wildman–Crippen LogP) is 3.27. The van der Waals surface area contributed by atoms with E-state index in [4.69, 9.17) is 9.84 Å². The maximum Gasteiger partial charge on any atom is 0.0777 e. The van der Waals surface area contributed by atoms with Crippen LogP contribution in [-0.4, -0.2) is 35.6 Å². The molecule has 4 heteroatoms. The zero-order valence-electron chi connectivity index (χ0n) is 12.5. The van der Waals surface area contributed by atoms with Crippen molar-refractivity contribution in [3.05, 3.63) is 34.3 Å². The lowest BCUT2D eigenvalue weighted by Crippen LogP contribution is -2.35. The third kappa shape index (κ3) is 4.85. The molecule has 114 valence electrons. The molecule has 0 bridgehead atoms. The van der Waals surface area contributed by atoms with Gasteiger partial charge in [0.15, 0.2) is 0 Å². The summed E-state index contributed by atoms with van der Waals surface area (Å²) in [6.45, 7) is 6.40. The zero-order chi connectivity index (χ0) is 15.2. The molecule has 0 aliphatic rings. The molecule has 0 aliphatic heterocycles. The van der Waals surface area contributed by atoms with E-state index in [1.165, 1.54) is 0 Å². The standard InChI is InChI=1S/C16H25BrO3/c1-12(11-18)20-9-5-8-16(3,13(2)19)14-6-4-7-15(17)10-14/h4,6-7,10,12-13,18-19H,5,8-9,11H2,1-3H3. The van der Waals surface area contributed by atoms with Gasteiger partial charge in [-0.25, -0.2) is 0 Å². The van der Waals surface area contributed by atoms with E-state index in [1.54, 1.807) is 0 Å². The van der Waals surface area contributed by atoms with Crippen molar-refractivity contribution >= 4 is 15.9 Å². The Bertz CT molecular complexity index is 408. The quantitative estimate of drug-likeness (QED) is 0.711. The molecule has 0 saturated carbocycles. The highest BCUT2D eigenvalue weighted by Gasteiger charge is 2.31. The Balaban J connectivity index is 2.68. The van der Waals surface area contributed by atoms with Crippen LogP contribution in [-0.2, 0) is 10.2 Å². The van der Waals surface area contributed by atoms with E-state index in [-0.39, 0.29) is 18.1 Å². The second-order valence-corrected chi connectivity index (χ2v) is 6.49. The molecule has 0 aliphatic carbocycles. The van der Waals surface area contributed by atoms with Gasteiger partial charge >= 0.3 is 0 Å². The third-order valence-electron chi connectivity index (χ3n) is 3.91. The number of halogens is 1. The second-order valence-electron chi connectivity index (χ2n) is 5.57. The Morgan fingerprint density at radius 1 is 1.35 bits per heavy atom. The van der Waals surface area contributed by atoms with E-state index in [2.05, 4.69) is 35.0 Å². The molecule has 20 heavy (non-hydrogen) atoms. The first-order valence-corrected chi connectivity index (χ1v) is 7.86. The summed E-state index contributed by atoms with van der Waals surface area (Å²) in [4.78, 5) is 0. The molecule has 0 radical (unpaired) electrons. The number of aliphatic hydroxyl groups excluding tert-OH is 2. The van der Waals surface area contributed by atoms with Crippen molar-refractivity contribution in [1.29, 1.82) is 0 Å². The van der Waals surface area contributed by atoms with Crippen molar-refractivity contribution in [2.24, 2.45) is 0 Å². The number of benzene rings is 1. The Morgan fingerprint density at radius 3 is 2.60 bits per heavy atom. The van der Waals surface area contributed by atoms with E-state index in [1.807, 2.05) is 26.0 Å². The minimum absolute atomic E-state index is 0.0410. The molecule has 0 fully saturated rings. The number of ether oxygens (including phenoxy) is 1. The van der Waals surface area contributed by atoms with Crippen LogP contribution in [0.4, 0.5) is 0 Å². The highest BCUT2D eigenvalue weighted by molar-refractivity contribution is 9.10. The molecule has 3 nitrogen and oxygen atoms in total. The van der Waals surface area contributed by atoms with Crippen LogP contribution in [0.3, 0.4) is 0 Å². The topological polar surface area (TPSA) is 49.7 Å². The molecule has 0 saturated heterocycles. The van der Waals surface area contributed by atoms with Crippen molar-refractivity contribution in [3.8, 4) is 0 Å². The van der Waals surface area contributed by atoms with E-state index in [0.717, 1.165) is 22.9 Å². The van der Waals surface area contributed by atoms with Crippen LogP contribution >= 0.6 is 15.9 Å². The van der Waals surface area contributed by atoms with E-state index >= 15 is 0 Å². The van der Waals surface area contributed by atoms with Crippen molar-refractivity contribution in [2.45, 2.75) is 51.2 Å². The fourth-order valence-electron chi connectivity index (χ4n) is 2.21. The van der Waals surface area contributed by atoms with E-state index in [0.29, 0.717) is 6.61 Å². The molecular formula is C16H25BrO3. The summed E-state index contributed by atoms with van der Waals surface area (Å²) in [5, 5.41) is 19.1. The van der Waals surface area contributed by atoms with Crippen molar-refractivity contribution in [1.82, 2.24) is 0 Å². The summed E-state index contributed by atoms with van der Waals surface area (Å²) in [6.07, 6.45) is 1.11. The lowest BCUT2D eigenvalue weighted by atomic mass is 9.74. The van der Waals surface area contributed by atoms with Gasteiger partial charge in [0.1, 0.15) is 0 Å². The highest BCUT2D eigenvalue weighted by atomic mass is 79.9. The molecule has 0 heterocycles. The van der Waals surface area contributed by atoms with Crippen LogP contribution in [0.2, 0.25) is 0 Å². The number of hydrogen-bond donors (Lipinski definition) is 2. The summed E-state index contributed by atoms with van der Waals surface area (Å²) in [5.74, 6) is 0. The van der Waals surface area contributed by atoms with Gasteiger partial charge in [-0.05, 0) is 44.4 Å². The fourth-order valence-corrected chi connectivity index (χ4v) is 2.61. The first kappa shape index (κ1) is 17.6. The first-order chi connectivity index (χ1) is 9.40. The monoisotopic (exact) mass is 344 g/mol. The Kier molecular flexibility index (Phi) is 7.17. The molecule has 0 spiro atoms. The zero-order valence-corrected chi connectivity index (χ0v) is 14.1. The molecule has 0 amide bonds. The summed E-state index contributed by atoms with van der Waals surface area (Å²) in [6, 6.07) is 8.08. The van der Waals surface area contributed by atoms with Gasteiger partial charge in [0, 0.05) is 16.5 Å². The van der Waals surface area contributed by atoms with Gasteiger partial charge in [0.05, 0.1) is 18.8 Å². The Hall–Kier alpha value is -0.420. The summed E-state index contributed by atoms with van der Waals surface area (Å²) >= 11 is 3.48. The fraction of sp³-hybridized carbons (Fsp3) is 0.625. The van der Waals surface area contributed by atoms with Crippen LogP contribution in [0.5, 0.6) is 0 Å². The average Bonchev–Trinajstić information content (AvgIpc) is 2.42. The minimum Gasteiger partial charge on any atom is -0.394 e. The van der Waals surface area contributed by atoms with Crippen LogP contribution in [0.1, 0.15) is 39.2 Å². The molecular weight excluding hydrogens is 320 g/mol. The largest absolute Gasteiger partial charge is 0.394 e.